The fourth-order valence-corrected chi connectivity index (χ4v) is 1.87. The largest absolute Gasteiger partial charge is 0.394 e. The maximum Gasteiger partial charge on any atom is 0.191 e. The summed E-state index contributed by atoms with van der Waals surface area (Å²) in [5.74, 6) is 0.782. The van der Waals surface area contributed by atoms with E-state index in [2.05, 4.69) is 60.7 Å². The van der Waals surface area contributed by atoms with Gasteiger partial charge in [0.05, 0.1) is 19.2 Å². The topological polar surface area (TPSA) is 56.7 Å². The van der Waals surface area contributed by atoms with Crippen molar-refractivity contribution in [2.45, 2.75) is 52.6 Å². The molecule has 0 saturated heterocycles. The standard InChI is InChI=1S/C17H29N3O/c1-4-6-11-18-17(20-16(5-2)13-21)19-12-15-9-7-14(3)8-10-15/h7-10,16,21H,4-6,11-13H2,1-3H3,(H2,18,19,20)/t16-/m1/s1. The van der Waals surface area contributed by atoms with Crippen molar-refractivity contribution in [3.8, 4) is 0 Å². The molecular formula is C17H29N3O. The summed E-state index contributed by atoms with van der Waals surface area (Å²) < 4.78 is 0. The zero-order valence-electron chi connectivity index (χ0n) is 13.5. The third-order valence-electron chi connectivity index (χ3n) is 3.42. The molecule has 0 amide bonds. The SMILES string of the molecule is CCCCNC(=NCc1ccc(C)cc1)N[C@H](CC)CO. The molecule has 1 rings (SSSR count). The molecule has 0 heterocycles. The molecule has 4 heteroatoms. The van der Waals surface area contributed by atoms with Gasteiger partial charge in [0.25, 0.3) is 0 Å². The summed E-state index contributed by atoms with van der Waals surface area (Å²) in [6.07, 6.45) is 3.13. The fourth-order valence-electron chi connectivity index (χ4n) is 1.87. The van der Waals surface area contributed by atoms with Gasteiger partial charge in [-0.2, -0.15) is 0 Å². The molecule has 0 spiro atoms. The summed E-state index contributed by atoms with van der Waals surface area (Å²) in [4.78, 5) is 4.61. The monoisotopic (exact) mass is 291 g/mol. The zero-order valence-corrected chi connectivity index (χ0v) is 13.5. The van der Waals surface area contributed by atoms with Gasteiger partial charge in [0.15, 0.2) is 5.96 Å². The summed E-state index contributed by atoms with van der Waals surface area (Å²) in [5, 5.41) is 15.9. The van der Waals surface area contributed by atoms with Gasteiger partial charge in [0.1, 0.15) is 0 Å². The van der Waals surface area contributed by atoms with E-state index in [1.54, 1.807) is 0 Å². The Bertz CT molecular complexity index is 411. The first-order chi connectivity index (χ1) is 10.2. The van der Waals surface area contributed by atoms with E-state index in [1.807, 2.05) is 0 Å². The Morgan fingerprint density at radius 3 is 2.52 bits per heavy atom. The van der Waals surface area contributed by atoms with Crippen LogP contribution in [0.4, 0.5) is 0 Å². The molecule has 118 valence electrons. The Hall–Kier alpha value is -1.55. The van der Waals surface area contributed by atoms with E-state index in [-0.39, 0.29) is 12.6 Å². The van der Waals surface area contributed by atoms with E-state index < -0.39 is 0 Å². The van der Waals surface area contributed by atoms with Gasteiger partial charge in [-0.3, -0.25) is 0 Å². The van der Waals surface area contributed by atoms with E-state index in [0.717, 1.165) is 31.8 Å². The molecule has 0 saturated carbocycles. The van der Waals surface area contributed by atoms with Crippen LogP contribution in [-0.4, -0.2) is 30.3 Å². The number of hydrogen-bond acceptors (Lipinski definition) is 2. The lowest BCUT2D eigenvalue weighted by Crippen LogP contribution is -2.45. The van der Waals surface area contributed by atoms with Crippen LogP contribution < -0.4 is 10.6 Å². The van der Waals surface area contributed by atoms with E-state index in [4.69, 9.17) is 0 Å². The number of guanidine groups is 1. The molecule has 1 aromatic rings. The molecule has 0 aliphatic rings. The number of aliphatic imine (C=N–C) groups is 1. The fraction of sp³-hybridized carbons (Fsp3) is 0.588. The van der Waals surface area contributed by atoms with Gasteiger partial charge in [-0.05, 0) is 25.3 Å². The van der Waals surface area contributed by atoms with Crippen molar-refractivity contribution in [1.82, 2.24) is 10.6 Å². The summed E-state index contributed by atoms with van der Waals surface area (Å²) in [6, 6.07) is 8.46. The number of benzene rings is 1. The summed E-state index contributed by atoms with van der Waals surface area (Å²) in [7, 11) is 0. The van der Waals surface area contributed by atoms with Crippen LogP contribution in [0.1, 0.15) is 44.2 Å². The van der Waals surface area contributed by atoms with Crippen LogP contribution in [0.5, 0.6) is 0 Å². The molecule has 4 nitrogen and oxygen atoms in total. The number of hydrogen-bond donors (Lipinski definition) is 3. The van der Waals surface area contributed by atoms with Crippen molar-refractivity contribution >= 4 is 5.96 Å². The first-order valence-corrected chi connectivity index (χ1v) is 7.90. The lowest BCUT2D eigenvalue weighted by Gasteiger charge is -2.18. The van der Waals surface area contributed by atoms with Crippen molar-refractivity contribution in [2.75, 3.05) is 13.2 Å². The van der Waals surface area contributed by atoms with Crippen LogP contribution in [0.3, 0.4) is 0 Å². The third-order valence-corrected chi connectivity index (χ3v) is 3.42. The Kier molecular flexibility index (Phi) is 8.51. The molecule has 0 radical (unpaired) electrons. The minimum Gasteiger partial charge on any atom is -0.394 e. The minimum absolute atomic E-state index is 0.0518. The van der Waals surface area contributed by atoms with Crippen LogP contribution in [0.25, 0.3) is 0 Å². The molecule has 1 atom stereocenters. The molecule has 0 fully saturated rings. The lowest BCUT2D eigenvalue weighted by molar-refractivity contribution is 0.251. The van der Waals surface area contributed by atoms with Gasteiger partial charge in [0.2, 0.25) is 0 Å². The van der Waals surface area contributed by atoms with Gasteiger partial charge >= 0.3 is 0 Å². The molecule has 0 unspecified atom stereocenters. The van der Waals surface area contributed by atoms with Crippen LogP contribution in [0.15, 0.2) is 29.3 Å². The van der Waals surface area contributed by atoms with E-state index >= 15 is 0 Å². The van der Waals surface area contributed by atoms with Crippen LogP contribution in [0.2, 0.25) is 0 Å². The van der Waals surface area contributed by atoms with Gasteiger partial charge in [0, 0.05) is 6.54 Å². The van der Waals surface area contributed by atoms with Crippen LogP contribution in [0, 0.1) is 6.92 Å². The first kappa shape index (κ1) is 17.5. The van der Waals surface area contributed by atoms with Crippen molar-refractivity contribution < 1.29 is 5.11 Å². The molecule has 0 aliphatic carbocycles. The Morgan fingerprint density at radius 1 is 1.24 bits per heavy atom. The highest BCUT2D eigenvalue weighted by atomic mass is 16.3. The van der Waals surface area contributed by atoms with E-state index in [9.17, 15) is 5.11 Å². The number of rotatable bonds is 8. The number of nitrogens with zero attached hydrogens (tertiary/aromatic N) is 1. The molecule has 0 aliphatic heterocycles. The van der Waals surface area contributed by atoms with Gasteiger partial charge in [-0.15, -0.1) is 0 Å². The smallest absolute Gasteiger partial charge is 0.191 e. The highest BCUT2D eigenvalue weighted by Gasteiger charge is 2.07. The second-order valence-electron chi connectivity index (χ2n) is 5.36. The van der Waals surface area contributed by atoms with Crippen molar-refractivity contribution in [3.05, 3.63) is 35.4 Å². The summed E-state index contributed by atoms with van der Waals surface area (Å²) in [5.41, 5.74) is 2.45. The number of aliphatic hydroxyl groups excluding tert-OH is 1. The van der Waals surface area contributed by atoms with E-state index in [0.29, 0.717) is 6.54 Å². The zero-order chi connectivity index (χ0) is 15.5. The maximum atomic E-state index is 9.32. The highest BCUT2D eigenvalue weighted by molar-refractivity contribution is 5.80. The number of aryl methyl sites for hydroxylation is 1. The molecule has 1 aromatic carbocycles. The minimum atomic E-state index is 0.0518. The Balaban J connectivity index is 2.64. The summed E-state index contributed by atoms with van der Waals surface area (Å²) >= 11 is 0. The first-order valence-electron chi connectivity index (χ1n) is 7.90. The molecular weight excluding hydrogens is 262 g/mol. The average molecular weight is 291 g/mol. The van der Waals surface area contributed by atoms with Crippen molar-refractivity contribution in [2.24, 2.45) is 4.99 Å². The second-order valence-corrected chi connectivity index (χ2v) is 5.36. The molecule has 21 heavy (non-hydrogen) atoms. The second kappa shape index (κ2) is 10.2. The van der Waals surface area contributed by atoms with Crippen molar-refractivity contribution in [3.63, 3.8) is 0 Å². The predicted molar refractivity (Wildman–Crippen MR) is 89.5 cm³/mol. The number of nitrogens with one attached hydrogen (secondary N) is 2. The van der Waals surface area contributed by atoms with Crippen LogP contribution >= 0.6 is 0 Å². The van der Waals surface area contributed by atoms with Crippen molar-refractivity contribution in [1.29, 1.82) is 0 Å². The van der Waals surface area contributed by atoms with Gasteiger partial charge in [-0.1, -0.05) is 50.1 Å². The predicted octanol–water partition coefficient (Wildman–Crippen LogP) is 2.60. The molecule has 0 bridgehead atoms. The normalized spacial score (nSPS) is 13.0. The number of aliphatic hydroxyl groups is 1. The third kappa shape index (κ3) is 7.14. The van der Waals surface area contributed by atoms with Crippen LogP contribution in [-0.2, 0) is 6.54 Å². The van der Waals surface area contributed by atoms with Gasteiger partial charge < -0.3 is 15.7 Å². The quantitative estimate of drug-likeness (QED) is 0.392. The summed E-state index contributed by atoms with van der Waals surface area (Å²) in [6.45, 7) is 7.97. The maximum absolute atomic E-state index is 9.32. The average Bonchev–Trinajstić information content (AvgIpc) is 2.51. The molecule has 3 N–H and O–H groups in total. The Labute approximate surface area is 128 Å². The molecule has 0 aromatic heterocycles. The lowest BCUT2D eigenvalue weighted by atomic mass is 10.1. The number of unbranched alkanes of at least 4 members (excludes halogenated alkanes) is 1. The Morgan fingerprint density at radius 2 is 1.95 bits per heavy atom. The highest BCUT2D eigenvalue weighted by Crippen LogP contribution is 2.04. The van der Waals surface area contributed by atoms with Gasteiger partial charge in [-0.25, -0.2) is 4.99 Å². The van der Waals surface area contributed by atoms with E-state index in [1.165, 1.54) is 11.1 Å².